The van der Waals surface area contributed by atoms with Crippen LogP contribution in [0.15, 0.2) is 64.0 Å². The molecule has 0 fully saturated rings. The summed E-state index contributed by atoms with van der Waals surface area (Å²) in [5.74, 6) is 8.44. The van der Waals surface area contributed by atoms with Crippen molar-refractivity contribution in [3.05, 3.63) is 60.2 Å². The molecule has 0 spiro atoms. The number of nitrogens with two attached hydrogens (primary N) is 1. The van der Waals surface area contributed by atoms with E-state index >= 15 is 0 Å². The maximum absolute atomic E-state index is 13.1. The fraction of sp³-hybridized carbons (Fsp3) is 0.318. The van der Waals surface area contributed by atoms with Crippen molar-refractivity contribution in [1.29, 1.82) is 0 Å². The summed E-state index contributed by atoms with van der Waals surface area (Å²) in [6, 6.07) is 11.1. The van der Waals surface area contributed by atoms with Gasteiger partial charge in [-0.15, -0.1) is 10.2 Å². The quantitative estimate of drug-likeness (QED) is 0.420. The molecule has 0 unspecified atom stereocenters. The molecule has 1 aliphatic rings. The first-order valence-corrected chi connectivity index (χ1v) is 11.1. The van der Waals surface area contributed by atoms with Crippen LogP contribution in [0.25, 0.3) is 11.4 Å². The molecule has 1 aliphatic carbocycles. The van der Waals surface area contributed by atoms with Crippen LogP contribution in [-0.4, -0.2) is 38.5 Å². The number of hydrogen-bond acceptors (Lipinski definition) is 7. The van der Waals surface area contributed by atoms with Gasteiger partial charge in [0.05, 0.1) is 25.7 Å². The zero-order chi connectivity index (χ0) is 21.6. The maximum atomic E-state index is 13.1. The van der Waals surface area contributed by atoms with Gasteiger partial charge in [-0.1, -0.05) is 17.8 Å². The lowest BCUT2D eigenvalue weighted by Crippen LogP contribution is -2.32. The summed E-state index contributed by atoms with van der Waals surface area (Å²) < 4.78 is 12.1. The third-order valence-corrected chi connectivity index (χ3v) is 6.07. The summed E-state index contributed by atoms with van der Waals surface area (Å²) in [5, 5.41) is 8.84. The zero-order valence-electron chi connectivity index (χ0n) is 17.4. The molecule has 0 atom stereocenters. The van der Waals surface area contributed by atoms with Crippen molar-refractivity contribution in [1.82, 2.24) is 19.8 Å². The molecule has 4 rings (SSSR count). The number of hydrogen-bond donors (Lipinski definition) is 1. The van der Waals surface area contributed by atoms with Crippen molar-refractivity contribution in [2.75, 3.05) is 18.7 Å². The van der Waals surface area contributed by atoms with E-state index in [0.29, 0.717) is 17.5 Å². The molecule has 1 amide bonds. The molecule has 0 saturated carbocycles. The monoisotopic (exact) mass is 439 g/mol. The molecule has 3 aromatic rings. The van der Waals surface area contributed by atoms with Gasteiger partial charge >= 0.3 is 0 Å². The number of nitrogens with zero attached hydrogens (tertiary/aromatic N) is 4. The van der Waals surface area contributed by atoms with Gasteiger partial charge in [-0.2, -0.15) is 0 Å². The first-order valence-electron chi connectivity index (χ1n) is 10.1. The van der Waals surface area contributed by atoms with E-state index in [2.05, 4.69) is 16.3 Å². The highest BCUT2D eigenvalue weighted by atomic mass is 32.2. The van der Waals surface area contributed by atoms with E-state index in [4.69, 9.17) is 15.0 Å². The number of thioether (sulfide) groups is 1. The van der Waals surface area contributed by atoms with E-state index in [-0.39, 0.29) is 11.7 Å². The van der Waals surface area contributed by atoms with Gasteiger partial charge in [0, 0.05) is 11.3 Å². The highest BCUT2D eigenvalue weighted by molar-refractivity contribution is 7.99. The number of benzene rings is 1. The molecular weight excluding hydrogens is 414 g/mol. The molecule has 0 aliphatic heterocycles. The summed E-state index contributed by atoms with van der Waals surface area (Å²) in [6.45, 7) is 0.421. The third kappa shape index (κ3) is 4.93. The Morgan fingerprint density at radius 3 is 2.77 bits per heavy atom. The van der Waals surface area contributed by atoms with Gasteiger partial charge in [0.15, 0.2) is 5.82 Å². The van der Waals surface area contributed by atoms with E-state index in [1.165, 1.54) is 16.4 Å². The van der Waals surface area contributed by atoms with E-state index in [1.54, 1.807) is 13.4 Å². The molecule has 31 heavy (non-hydrogen) atoms. The first-order chi connectivity index (χ1) is 15.2. The average molecular weight is 440 g/mol. The molecule has 2 N–H and O–H groups in total. The summed E-state index contributed by atoms with van der Waals surface area (Å²) in [5.41, 5.74) is 1.88. The fourth-order valence-corrected chi connectivity index (χ4v) is 4.22. The van der Waals surface area contributed by atoms with Gasteiger partial charge in [-0.25, -0.2) is 4.68 Å². The second-order valence-electron chi connectivity index (χ2n) is 7.19. The number of ether oxygens (including phenoxy) is 1. The lowest BCUT2D eigenvalue weighted by atomic mass is 10.0. The van der Waals surface area contributed by atoms with Crippen LogP contribution in [0.4, 0.5) is 0 Å². The first kappa shape index (κ1) is 21.0. The number of rotatable bonds is 8. The second kappa shape index (κ2) is 9.74. The minimum Gasteiger partial charge on any atom is -0.497 e. The molecule has 0 bridgehead atoms. The maximum Gasteiger partial charge on any atom is 0.237 e. The average Bonchev–Trinajstić information content (AvgIpc) is 3.46. The number of carbonyl (C=O) groups is 1. The molecule has 0 radical (unpaired) electrons. The van der Waals surface area contributed by atoms with Gasteiger partial charge in [-0.05, 0) is 62.1 Å². The number of furan rings is 1. The Morgan fingerprint density at radius 2 is 2.10 bits per heavy atom. The van der Waals surface area contributed by atoms with E-state index < -0.39 is 0 Å². The molecule has 2 heterocycles. The highest BCUT2D eigenvalue weighted by Crippen LogP contribution is 2.27. The smallest absolute Gasteiger partial charge is 0.237 e. The number of aromatic nitrogens is 3. The van der Waals surface area contributed by atoms with Gasteiger partial charge in [0.1, 0.15) is 11.5 Å². The van der Waals surface area contributed by atoms with Gasteiger partial charge in [0.25, 0.3) is 0 Å². The molecule has 9 heteroatoms. The van der Waals surface area contributed by atoms with Crippen molar-refractivity contribution in [2.24, 2.45) is 0 Å². The van der Waals surface area contributed by atoms with Crippen LogP contribution in [0, 0.1) is 0 Å². The van der Waals surface area contributed by atoms with E-state index in [9.17, 15) is 4.79 Å². The summed E-state index contributed by atoms with van der Waals surface area (Å²) in [6.07, 6.45) is 7.91. The normalized spacial score (nSPS) is 13.6. The van der Waals surface area contributed by atoms with Crippen molar-refractivity contribution in [3.63, 3.8) is 0 Å². The standard InChI is InChI=1S/C22H25N5O3S/c1-29-18-11-9-16(10-12-18)21-24-25-22(27(21)23)31-15-20(28)26(14-19-8-5-13-30-19)17-6-3-2-4-7-17/h5-6,8-13H,2-4,7,14-15,23H2,1H3. The van der Waals surface area contributed by atoms with Crippen LogP contribution in [0.2, 0.25) is 0 Å². The third-order valence-electron chi connectivity index (χ3n) is 5.15. The second-order valence-corrected chi connectivity index (χ2v) is 8.14. The summed E-state index contributed by atoms with van der Waals surface area (Å²) >= 11 is 1.27. The Morgan fingerprint density at radius 1 is 1.26 bits per heavy atom. The Labute approximate surface area is 185 Å². The van der Waals surface area contributed by atoms with E-state index in [1.807, 2.05) is 41.3 Å². The van der Waals surface area contributed by atoms with E-state index in [0.717, 1.165) is 48.5 Å². The Kier molecular flexibility index (Phi) is 6.61. The van der Waals surface area contributed by atoms with Crippen LogP contribution >= 0.6 is 11.8 Å². The summed E-state index contributed by atoms with van der Waals surface area (Å²) in [4.78, 5) is 14.9. The predicted octanol–water partition coefficient (Wildman–Crippen LogP) is 3.84. The number of carbonyl (C=O) groups excluding carboxylic acids is 1. The van der Waals surface area contributed by atoms with Crippen molar-refractivity contribution < 1.29 is 13.9 Å². The van der Waals surface area contributed by atoms with Crippen molar-refractivity contribution >= 4 is 17.7 Å². The molecule has 162 valence electrons. The number of allylic oxidation sites excluding steroid dienone is 2. The topological polar surface area (TPSA) is 99.4 Å². The molecule has 8 nitrogen and oxygen atoms in total. The largest absolute Gasteiger partial charge is 0.497 e. The fourth-order valence-electron chi connectivity index (χ4n) is 3.49. The van der Waals surface area contributed by atoms with Gasteiger partial charge in [0.2, 0.25) is 11.1 Å². The lowest BCUT2D eigenvalue weighted by Gasteiger charge is -2.27. The van der Waals surface area contributed by atoms with Crippen molar-refractivity contribution in [2.45, 2.75) is 37.4 Å². The molecule has 2 aromatic heterocycles. The van der Waals surface area contributed by atoms with Gasteiger partial charge in [-0.3, -0.25) is 4.79 Å². The van der Waals surface area contributed by atoms with Crippen LogP contribution in [0.5, 0.6) is 5.75 Å². The van der Waals surface area contributed by atoms with Crippen LogP contribution in [0.1, 0.15) is 31.4 Å². The highest BCUT2D eigenvalue weighted by Gasteiger charge is 2.22. The van der Waals surface area contributed by atoms with Gasteiger partial charge < -0.3 is 19.9 Å². The minimum absolute atomic E-state index is 0.0106. The summed E-state index contributed by atoms with van der Waals surface area (Å²) in [7, 11) is 1.62. The number of methoxy groups -OCH3 is 1. The Balaban J connectivity index is 1.46. The molecule has 0 saturated heterocycles. The SMILES string of the molecule is COc1ccc(-c2nnc(SCC(=O)N(Cc3ccco3)C3=CCCCC3)n2N)cc1. The van der Waals surface area contributed by atoms with Crippen molar-refractivity contribution in [3.8, 4) is 17.1 Å². The lowest BCUT2D eigenvalue weighted by molar-refractivity contribution is -0.127. The Hall–Kier alpha value is -3.20. The van der Waals surface area contributed by atoms with Crippen LogP contribution in [-0.2, 0) is 11.3 Å². The van der Waals surface area contributed by atoms with Crippen LogP contribution in [0.3, 0.4) is 0 Å². The number of nitrogen functional groups attached to an aromatic ring is 1. The zero-order valence-corrected chi connectivity index (χ0v) is 18.2. The van der Waals surface area contributed by atoms with Crippen LogP contribution < -0.4 is 10.6 Å². The minimum atomic E-state index is -0.0106. The molecular formula is C22H25N5O3S. The number of amides is 1. The molecule has 1 aromatic carbocycles. The predicted molar refractivity (Wildman–Crippen MR) is 119 cm³/mol. The Bertz CT molecular complexity index is 1040.